The van der Waals surface area contributed by atoms with Crippen molar-refractivity contribution in [3.05, 3.63) is 107 Å². The first-order valence-electron chi connectivity index (χ1n) is 15.8. The number of benzene rings is 4. The van der Waals surface area contributed by atoms with Gasteiger partial charge in [0.1, 0.15) is 34.6 Å². The topological polar surface area (TPSA) is 18.5 Å². The number of unbranched alkanes of at least 4 members (excludes halogenated alkanes) is 2. The Hall–Kier alpha value is -4.15. The minimum absolute atomic E-state index is 0.159. The lowest BCUT2D eigenvalue weighted by Crippen LogP contribution is -2.25. The standard InChI is InChI=1S/C37H33F9O2/c1-2-3-4-5-21-6-8-22(9-7-21)23-10-12-27(29(39)14-23)24-15-31(41)35(32(42)16-24)37(45,46)48-26-11-13-28(30(40)19-26)25-17-33(43)36(47-20-38)34(44)18-25/h10-19,21-22H,2-9,20H2,1H3. The molecule has 0 aliphatic heterocycles. The van der Waals surface area contributed by atoms with Crippen molar-refractivity contribution in [1.82, 2.24) is 0 Å². The van der Waals surface area contributed by atoms with Gasteiger partial charge in [0.05, 0.1) is 0 Å². The summed E-state index contributed by atoms with van der Waals surface area (Å²) in [5.41, 5.74) is -2.29. The van der Waals surface area contributed by atoms with E-state index in [1.165, 1.54) is 37.8 Å². The normalized spacial score (nSPS) is 16.6. The fourth-order valence-corrected chi connectivity index (χ4v) is 6.39. The quantitative estimate of drug-likeness (QED) is 0.110. The number of alkyl halides is 3. The van der Waals surface area contributed by atoms with Crippen LogP contribution in [0.4, 0.5) is 39.5 Å². The van der Waals surface area contributed by atoms with Crippen LogP contribution in [0.5, 0.6) is 11.5 Å². The second-order valence-electron chi connectivity index (χ2n) is 12.1. The van der Waals surface area contributed by atoms with Gasteiger partial charge in [-0.25, -0.2) is 30.7 Å². The second kappa shape index (κ2) is 15.0. The lowest BCUT2D eigenvalue weighted by atomic mass is 9.77. The van der Waals surface area contributed by atoms with E-state index in [1.54, 1.807) is 6.07 Å². The van der Waals surface area contributed by atoms with Crippen LogP contribution in [0.15, 0.2) is 60.7 Å². The summed E-state index contributed by atoms with van der Waals surface area (Å²) < 4.78 is 140. The molecule has 0 radical (unpaired) electrons. The summed E-state index contributed by atoms with van der Waals surface area (Å²) in [6.45, 7) is 0.646. The highest BCUT2D eigenvalue weighted by molar-refractivity contribution is 5.67. The predicted octanol–water partition coefficient (Wildman–Crippen LogP) is 12.1. The maximum Gasteiger partial charge on any atom is 0.432 e. The Kier molecular flexibility index (Phi) is 11.0. The van der Waals surface area contributed by atoms with Crippen molar-refractivity contribution in [2.45, 2.75) is 70.3 Å². The molecule has 2 nitrogen and oxygen atoms in total. The molecule has 1 aliphatic rings. The molecule has 0 saturated heterocycles. The largest absolute Gasteiger partial charge is 0.457 e. The average molecular weight is 681 g/mol. The van der Waals surface area contributed by atoms with Crippen LogP contribution in [0.1, 0.15) is 75.3 Å². The van der Waals surface area contributed by atoms with E-state index >= 15 is 22.0 Å². The van der Waals surface area contributed by atoms with Crippen LogP contribution in [0.25, 0.3) is 22.3 Å². The van der Waals surface area contributed by atoms with Crippen molar-refractivity contribution in [2.75, 3.05) is 6.86 Å². The molecule has 0 unspecified atom stereocenters. The molecule has 11 heteroatoms. The summed E-state index contributed by atoms with van der Waals surface area (Å²) in [5, 5.41) is 0. The monoisotopic (exact) mass is 680 g/mol. The summed E-state index contributed by atoms with van der Waals surface area (Å²) in [6, 6.07) is 8.91. The molecule has 0 bridgehead atoms. The van der Waals surface area contributed by atoms with E-state index in [9.17, 15) is 17.6 Å². The molecule has 0 N–H and O–H groups in total. The van der Waals surface area contributed by atoms with Crippen molar-refractivity contribution in [1.29, 1.82) is 0 Å². The number of rotatable bonds is 12. The van der Waals surface area contributed by atoms with E-state index in [2.05, 4.69) is 16.4 Å². The molecule has 256 valence electrons. The molecule has 0 atom stereocenters. The van der Waals surface area contributed by atoms with Gasteiger partial charge in [-0.05, 0) is 96.7 Å². The first-order chi connectivity index (χ1) is 22.9. The highest BCUT2D eigenvalue weighted by Crippen LogP contribution is 2.41. The summed E-state index contributed by atoms with van der Waals surface area (Å²) >= 11 is 0. The Morgan fingerprint density at radius 2 is 1.23 bits per heavy atom. The second-order valence-corrected chi connectivity index (χ2v) is 12.1. The summed E-state index contributed by atoms with van der Waals surface area (Å²) in [4.78, 5) is 0. The molecule has 0 amide bonds. The predicted molar refractivity (Wildman–Crippen MR) is 163 cm³/mol. The Labute approximate surface area is 272 Å². The van der Waals surface area contributed by atoms with E-state index in [4.69, 9.17) is 0 Å². The summed E-state index contributed by atoms with van der Waals surface area (Å²) in [6.07, 6.45) is 4.04. The van der Waals surface area contributed by atoms with Crippen LogP contribution in [0.2, 0.25) is 0 Å². The Balaban J connectivity index is 1.31. The zero-order valence-corrected chi connectivity index (χ0v) is 26.0. The van der Waals surface area contributed by atoms with Gasteiger partial charge in [-0.2, -0.15) is 8.78 Å². The van der Waals surface area contributed by atoms with Gasteiger partial charge in [0.15, 0.2) is 17.4 Å². The third kappa shape index (κ3) is 7.76. The fraction of sp³-hybridized carbons (Fsp3) is 0.351. The Morgan fingerprint density at radius 3 is 1.77 bits per heavy atom. The van der Waals surface area contributed by atoms with Crippen molar-refractivity contribution < 1.29 is 49.0 Å². The third-order valence-electron chi connectivity index (χ3n) is 8.87. The molecule has 4 aromatic carbocycles. The molecule has 5 rings (SSSR count). The van der Waals surface area contributed by atoms with Gasteiger partial charge in [-0.3, -0.25) is 0 Å². The molecule has 0 heterocycles. The Bertz CT molecular complexity index is 1700. The van der Waals surface area contributed by atoms with Crippen molar-refractivity contribution >= 4 is 0 Å². The molecule has 1 saturated carbocycles. The van der Waals surface area contributed by atoms with Crippen LogP contribution in [-0.4, -0.2) is 6.86 Å². The van der Waals surface area contributed by atoms with Crippen molar-refractivity contribution in [3.8, 4) is 33.8 Å². The molecule has 48 heavy (non-hydrogen) atoms. The lowest BCUT2D eigenvalue weighted by molar-refractivity contribution is -0.189. The minimum Gasteiger partial charge on any atom is -0.457 e. The summed E-state index contributed by atoms with van der Waals surface area (Å²) in [7, 11) is 0. The van der Waals surface area contributed by atoms with E-state index in [0.717, 1.165) is 43.4 Å². The minimum atomic E-state index is -4.65. The maximum atomic E-state index is 15.2. The smallest absolute Gasteiger partial charge is 0.432 e. The van der Waals surface area contributed by atoms with Crippen LogP contribution in [-0.2, 0) is 6.11 Å². The fourth-order valence-electron chi connectivity index (χ4n) is 6.39. The zero-order valence-electron chi connectivity index (χ0n) is 26.0. The number of halogens is 9. The van der Waals surface area contributed by atoms with Crippen LogP contribution in [0, 0.1) is 40.8 Å². The maximum absolute atomic E-state index is 15.2. The SMILES string of the molecule is CCCCCC1CCC(c2ccc(-c3cc(F)c(C(F)(F)Oc4ccc(-c5cc(F)c(OCF)c(F)c5)c(F)c4)c(F)c3)c(F)c2)CC1. The van der Waals surface area contributed by atoms with E-state index in [1.807, 2.05) is 0 Å². The van der Waals surface area contributed by atoms with Crippen LogP contribution < -0.4 is 9.47 Å². The molecule has 1 aliphatic carbocycles. The van der Waals surface area contributed by atoms with E-state index < -0.39 is 70.5 Å². The third-order valence-corrected chi connectivity index (χ3v) is 8.87. The first-order valence-corrected chi connectivity index (χ1v) is 15.8. The van der Waals surface area contributed by atoms with Crippen LogP contribution in [0.3, 0.4) is 0 Å². The summed E-state index contributed by atoms with van der Waals surface area (Å²) in [5.74, 6) is -9.20. The molecule has 1 fully saturated rings. The number of hydrogen-bond acceptors (Lipinski definition) is 2. The van der Waals surface area contributed by atoms with E-state index in [0.29, 0.717) is 36.2 Å². The van der Waals surface area contributed by atoms with Gasteiger partial charge in [0.2, 0.25) is 6.86 Å². The van der Waals surface area contributed by atoms with E-state index in [-0.39, 0.29) is 22.6 Å². The van der Waals surface area contributed by atoms with Crippen molar-refractivity contribution in [2.24, 2.45) is 5.92 Å². The molecule has 4 aromatic rings. The molecular weight excluding hydrogens is 647 g/mol. The van der Waals surface area contributed by atoms with Crippen molar-refractivity contribution in [3.63, 3.8) is 0 Å². The van der Waals surface area contributed by atoms with Gasteiger partial charge in [-0.1, -0.05) is 44.7 Å². The average Bonchev–Trinajstić information content (AvgIpc) is 3.02. The van der Waals surface area contributed by atoms with Gasteiger partial charge < -0.3 is 9.47 Å². The van der Waals surface area contributed by atoms with Gasteiger partial charge in [-0.15, -0.1) is 0 Å². The molecule has 0 aromatic heterocycles. The highest BCUT2D eigenvalue weighted by Gasteiger charge is 2.41. The number of hydrogen-bond donors (Lipinski definition) is 0. The zero-order chi connectivity index (χ0) is 34.6. The van der Waals surface area contributed by atoms with Gasteiger partial charge in [0, 0.05) is 17.2 Å². The highest BCUT2D eigenvalue weighted by atomic mass is 19.3. The number of ether oxygens (including phenoxy) is 2. The lowest BCUT2D eigenvalue weighted by Gasteiger charge is -2.29. The Morgan fingerprint density at radius 1 is 0.667 bits per heavy atom. The molecular formula is C37H33F9O2. The molecule has 0 spiro atoms. The van der Waals surface area contributed by atoms with Crippen LogP contribution >= 0.6 is 0 Å². The first kappa shape index (κ1) is 35.2. The van der Waals surface area contributed by atoms with Gasteiger partial charge >= 0.3 is 6.11 Å². The van der Waals surface area contributed by atoms with Gasteiger partial charge in [0.25, 0.3) is 0 Å².